The van der Waals surface area contributed by atoms with Gasteiger partial charge >= 0.3 is 0 Å². The molecule has 2 nitrogen and oxygen atoms in total. The summed E-state index contributed by atoms with van der Waals surface area (Å²) in [6.07, 6.45) is 7.92. The van der Waals surface area contributed by atoms with Crippen LogP contribution in [-0.4, -0.2) is 5.78 Å². The van der Waals surface area contributed by atoms with Gasteiger partial charge in [0.1, 0.15) is 0 Å². The van der Waals surface area contributed by atoms with Crippen molar-refractivity contribution in [2.24, 2.45) is 0 Å². The Morgan fingerprint density at radius 2 is 1.78 bits per heavy atom. The van der Waals surface area contributed by atoms with Gasteiger partial charge in [-0.1, -0.05) is 51.2 Å². The number of hydrogen-bond acceptors (Lipinski definition) is 2. The zero-order valence-electron chi connectivity index (χ0n) is 11.7. The fourth-order valence-electron chi connectivity index (χ4n) is 2.02. The van der Waals surface area contributed by atoms with Crippen LogP contribution < -0.4 is 5.73 Å². The predicted molar refractivity (Wildman–Crippen MR) is 77.9 cm³/mol. The Hall–Kier alpha value is -1.31. The summed E-state index contributed by atoms with van der Waals surface area (Å²) in [6.45, 7) is 4.17. The Kier molecular flexibility index (Phi) is 6.48. The minimum Gasteiger partial charge on any atom is -0.398 e. The molecule has 0 aliphatic rings. The number of ketones is 1. The van der Waals surface area contributed by atoms with Crippen LogP contribution in [0.5, 0.6) is 0 Å². The Morgan fingerprint density at radius 1 is 1.11 bits per heavy atom. The SMILES string of the molecule is CCCCCCCCC(=O)c1ccc(C)c(N)c1. The van der Waals surface area contributed by atoms with E-state index in [-0.39, 0.29) is 5.78 Å². The summed E-state index contributed by atoms with van der Waals surface area (Å²) in [5.41, 5.74) is 8.32. The van der Waals surface area contributed by atoms with E-state index in [9.17, 15) is 4.79 Å². The molecule has 0 aromatic heterocycles. The molecule has 0 aliphatic carbocycles. The first-order valence-electron chi connectivity index (χ1n) is 7.04. The maximum Gasteiger partial charge on any atom is 0.162 e. The summed E-state index contributed by atoms with van der Waals surface area (Å²) >= 11 is 0. The van der Waals surface area contributed by atoms with E-state index in [1.165, 1.54) is 25.7 Å². The monoisotopic (exact) mass is 247 g/mol. The highest BCUT2D eigenvalue weighted by Crippen LogP contribution is 2.16. The number of aryl methyl sites for hydroxylation is 1. The highest BCUT2D eigenvalue weighted by atomic mass is 16.1. The summed E-state index contributed by atoms with van der Waals surface area (Å²) in [5, 5.41) is 0. The van der Waals surface area contributed by atoms with Gasteiger partial charge in [0.2, 0.25) is 0 Å². The number of carbonyl (C=O) groups is 1. The van der Waals surface area contributed by atoms with Crippen molar-refractivity contribution in [2.75, 3.05) is 5.73 Å². The van der Waals surface area contributed by atoms with E-state index in [1.807, 2.05) is 19.1 Å². The molecule has 0 heterocycles. The van der Waals surface area contributed by atoms with Gasteiger partial charge in [-0.05, 0) is 25.0 Å². The van der Waals surface area contributed by atoms with Crippen molar-refractivity contribution in [3.05, 3.63) is 29.3 Å². The van der Waals surface area contributed by atoms with Crippen LogP contribution in [0.25, 0.3) is 0 Å². The molecule has 1 rings (SSSR count). The van der Waals surface area contributed by atoms with E-state index in [0.717, 1.165) is 24.0 Å². The van der Waals surface area contributed by atoms with E-state index < -0.39 is 0 Å². The van der Waals surface area contributed by atoms with Crippen molar-refractivity contribution in [3.63, 3.8) is 0 Å². The first kappa shape index (κ1) is 14.7. The molecule has 0 amide bonds. The summed E-state index contributed by atoms with van der Waals surface area (Å²) in [5.74, 6) is 0.220. The van der Waals surface area contributed by atoms with Gasteiger partial charge < -0.3 is 5.73 Å². The highest BCUT2D eigenvalue weighted by molar-refractivity contribution is 5.96. The summed E-state index contributed by atoms with van der Waals surface area (Å²) < 4.78 is 0. The average molecular weight is 247 g/mol. The lowest BCUT2D eigenvalue weighted by Gasteiger charge is -2.04. The molecule has 0 aliphatic heterocycles. The number of rotatable bonds is 8. The number of benzene rings is 1. The molecule has 0 radical (unpaired) electrons. The van der Waals surface area contributed by atoms with E-state index in [1.54, 1.807) is 6.07 Å². The van der Waals surface area contributed by atoms with Gasteiger partial charge in [0.05, 0.1) is 0 Å². The van der Waals surface area contributed by atoms with Gasteiger partial charge in [0, 0.05) is 17.7 Å². The number of anilines is 1. The Bertz CT molecular complexity index is 385. The number of carbonyl (C=O) groups excluding carboxylic acids is 1. The van der Waals surface area contributed by atoms with Crippen LogP contribution in [-0.2, 0) is 0 Å². The zero-order valence-corrected chi connectivity index (χ0v) is 11.7. The van der Waals surface area contributed by atoms with Crippen LogP contribution in [0, 0.1) is 6.92 Å². The van der Waals surface area contributed by atoms with Crippen LogP contribution in [0.15, 0.2) is 18.2 Å². The molecular weight excluding hydrogens is 222 g/mol. The van der Waals surface area contributed by atoms with Crippen LogP contribution in [0.4, 0.5) is 5.69 Å². The molecule has 0 saturated heterocycles. The maximum atomic E-state index is 11.9. The topological polar surface area (TPSA) is 43.1 Å². The van der Waals surface area contributed by atoms with Gasteiger partial charge in [0.15, 0.2) is 5.78 Å². The molecule has 0 fully saturated rings. The first-order chi connectivity index (χ1) is 8.65. The Balaban J connectivity index is 2.30. The third kappa shape index (κ3) is 4.91. The highest BCUT2D eigenvalue weighted by Gasteiger charge is 2.06. The molecule has 0 saturated carbocycles. The average Bonchev–Trinajstić information content (AvgIpc) is 2.36. The molecule has 18 heavy (non-hydrogen) atoms. The van der Waals surface area contributed by atoms with Crippen molar-refractivity contribution < 1.29 is 4.79 Å². The quantitative estimate of drug-likeness (QED) is 0.417. The van der Waals surface area contributed by atoms with Crippen molar-refractivity contribution in [2.45, 2.75) is 58.8 Å². The van der Waals surface area contributed by atoms with Crippen molar-refractivity contribution in [1.29, 1.82) is 0 Å². The fourth-order valence-corrected chi connectivity index (χ4v) is 2.02. The molecule has 2 heteroatoms. The molecule has 0 bridgehead atoms. The van der Waals surface area contributed by atoms with Crippen LogP contribution in [0.1, 0.15) is 67.8 Å². The number of hydrogen-bond donors (Lipinski definition) is 1. The standard InChI is InChI=1S/C16H25NO/c1-3-4-5-6-7-8-9-16(18)14-11-10-13(2)15(17)12-14/h10-12H,3-9,17H2,1-2H3. The van der Waals surface area contributed by atoms with E-state index in [0.29, 0.717) is 12.1 Å². The smallest absolute Gasteiger partial charge is 0.162 e. The van der Waals surface area contributed by atoms with Crippen LogP contribution in [0.3, 0.4) is 0 Å². The minimum absolute atomic E-state index is 0.220. The molecular formula is C16H25NO. The predicted octanol–water partition coefficient (Wildman–Crippen LogP) is 4.51. The van der Waals surface area contributed by atoms with Gasteiger partial charge in [-0.2, -0.15) is 0 Å². The fraction of sp³-hybridized carbons (Fsp3) is 0.562. The van der Waals surface area contributed by atoms with Gasteiger partial charge in [-0.25, -0.2) is 0 Å². The molecule has 0 spiro atoms. The van der Waals surface area contributed by atoms with Crippen molar-refractivity contribution in [3.8, 4) is 0 Å². The van der Waals surface area contributed by atoms with Gasteiger partial charge in [-0.15, -0.1) is 0 Å². The summed E-state index contributed by atoms with van der Waals surface area (Å²) in [7, 11) is 0. The lowest BCUT2D eigenvalue weighted by atomic mass is 10.0. The normalized spacial score (nSPS) is 10.6. The number of unbranched alkanes of at least 4 members (excludes halogenated alkanes) is 5. The second kappa shape index (κ2) is 7.91. The molecule has 2 N–H and O–H groups in total. The van der Waals surface area contributed by atoms with Crippen molar-refractivity contribution in [1.82, 2.24) is 0 Å². The van der Waals surface area contributed by atoms with Gasteiger partial charge in [0.25, 0.3) is 0 Å². The Labute approximate surface area is 111 Å². The molecule has 0 unspecified atom stereocenters. The Morgan fingerprint density at radius 3 is 2.44 bits per heavy atom. The van der Waals surface area contributed by atoms with Gasteiger partial charge in [-0.3, -0.25) is 4.79 Å². The molecule has 0 atom stereocenters. The molecule has 100 valence electrons. The second-order valence-electron chi connectivity index (χ2n) is 5.01. The molecule has 1 aromatic rings. The summed E-state index contributed by atoms with van der Waals surface area (Å²) in [6, 6.07) is 5.60. The number of Topliss-reactive ketones (excluding diaryl/α,β-unsaturated/α-hetero) is 1. The minimum atomic E-state index is 0.220. The number of nitrogens with two attached hydrogens (primary N) is 1. The number of nitrogen functional groups attached to an aromatic ring is 1. The first-order valence-corrected chi connectivity index (χ1v) is 7.04. The largest absolute Gasteiger partial charge is 0.398 e. The van der Waals surface area contributed by atoms with E-state index >= 15 is 0 Å². The lowest BCUT2D eigenvalue weighted by Crippen LogP contribution is -2.01. The summed E-state index contributed by atoms with van der Waals surface area (Å²) in [4.78, 5) is 11.9. The van der Waals surface area contributed by atoms with Crippen molar-refractivity contribution >= 4 is 11.5 Å². The maximum absolute atomic E-state index is 11.9. The second-order valence-corrected chi connectivity index (χ2v) is 5.01. The third-order valence-corrected chi connectivity index (χ3v) is 3.36. The van der Waals surface area contributed by atoms with Crippen LogP contribution in [0.2, 0.25) is 0 Å². The zero-order chi connectivity index (χ0) is 13.4. The molecule has 1 aromatic carbocycles. The lowest BCUT2D eigenvalue weighted by molar-refractivity contribution is 0.0979. The third-order valence-electron chi connectivity index (χ3n) is 3.36. The van der Waals surface area contributed by atoms with Crippen LogP contribution >= 0.6 is 0 Å². The van der Waals surface area contributed by atoms with E-state index in [2.05, 4.69) is 6.92 Å². The van der Waals surface area contributed by atoms with E-state index in [4.69, 9.17) is 5.73 Å².